The van der Waals surface area contributed by atoms with Crippen LogP contribution in [0.4, 0.5) is 5.13 Å². The minimum atomic E-state index is 0.108. The molecule has 1 aromatic heterocycles. The van der Waals surface area contributed by atoms with Crippen molar-refractivity contribution in [2.45, 2.75) is 25.8 Å². The van der Waals surface area contributed by atoms with Crippen molar-refractivity contribution < 1.29 is 4.79 Å². The Labute approximate surface area is 106 Å². The standard InChI is InChI=1S/C12H19N3OS/c1-9(16)11-7-13-12(17-11)15-6-4-5-10(15)8-14(2)3/h7,10H,4-6,8H2,1-3H3. The van der Waals surface area contributed by atoms with Crippen LogP contribution in [0.15, 0.2) is 6.20 Å². The maximum atomic E-state index is 11.3. The maximum Gasteiger partial charge on any atom is 0.186 e. The van der Waals surface area contributed by atoms with Gasteiger partial charge >= 0.3 is 0 Å². The van der Waals surface area contributed by atoms with E-state index in [1.165, 1.54) is 24.2 Å². The zero-order valence-corrected chi connectivity index (χ0v) is 11.5. The van der Waals surface area contributed by atoms with Gasteiger partial charge in [-0.1, -0.05) is 11.3 Å². The lowest BCUT2D eigenvalue weighted by Gasteiger charge is -2.26. The van der Waals surface area contributed by atoms with Crippen LogP contribution in [0.3, 0.4) is 0 Å². The van der Waals surface area contributed by atoms with Gasteiger partial charge in [-0.3, -0.25) is 4.79 Å². The Morgan fingerprint density at radius 2 is 2.41 bits per heavy atom. The molecule has 0 radical (unpaired) electrons. The van der Waals surface area contributed by atoms with Crippen LogP contribution in [-0.2, 0) is 0 Å². The van der Waals surface area contributed by atoms with Gasteiger partial charge < -0.3 is 9.80 Å². The number of hydrogen-bond acceptors (Lipinski definition) is 5. The molecule has 1 aromatic rings. The van der Waals surface area contributed by atoms with Gasteiger partial charge in [0.15, 0.2) is 10.9 Å². The Bertz CT molecular complexity index is 402. The molecule has 5 heteroatoms. The normalized spacial score (nSPS) is 20.2. The van der Waals surface area contributed by atoms with E-state index >= 15 is 0 Å². The van der Waals surface area contributed by atoms with Gasteiger partial charge in [0.2, 0.25) is 0 Å². The van der Waals surface area contributed by atoms with Gasteiger partial charge in [0, 0.05) is 26.1 Å². The van der Waals surface area contributed by atoms with E-state index < -0.39 is 0 Å². The van der Waals surface area contributed by atoms with E-state index in [0.717, 1.165) is 23.1 Å². The highest BCUT2D eigenvalue weighted by atomic mass is 32.1. The summed E-state index contributed by atoms with van der Waals surface area (Å²) in [6.07, 6.45) is 4.13. The number of aromatic nitrogens is 1. The first-order valence-electron chi connectivity index (χ1n) is 5.96. The van der Waals surface area contributed by atoms with E-state index in [0.29, 0.717) is 6.04 Å². The number of ketones is 1. The molecule has 2 rings (SSSR count). The molecule has 2 heterocycles. The Balaban J connectivity index is 2.11. The fraction of sp³-hybridized carbons (Fsp3) is 0.667. The third kappa shape index (κ3) is 2.84. The van der Waals surface area contributed by atoms with Crippen molar-refractivity contribution in [2.24, 2.45) is 0 Å². The van der Waals surface area contributed by atoms with Crippen LogP contribution >= 0.6 is 11.3 Å². The fourth-order valence-corrected chi connectivity index (χ4v) is 3.17. The van der Waals surface area contributed by atoms with E-state index in [-0.39, 0.29) is 5.78 Å². The lowest BCUT2D eigenvalue weighted by atomic mass is 10.2. The number of Topliss-reactive ketones (excluding diaryl/α,β-unsaturated/α-hetero) is 1. The molecule has 1 aliphatic rings. The molecule has 1 saturated heterocycles. The second kappa shape index (κ2) is 5.14. The molecule has 1 unspecified atom stereocenters. The minimum absolute atomic E-state index is 0.108. The Kier molecular flexibility index (Phi) is 3.79. The number of hydrogen-bond donors (Lipinski definition) is 0. The lowest BCUT2D eigenvalue weighted by Crippen LogP contribution is -2.37. The van der Waals surface area contributed by atoms with Gasteiger partial charge in [0.1, 0.15) is 0 Å². The van der Waals surface area contributed by atoms with E-state index in [1.54, 1.807) is 13.1 Å². The molecule has 0 aliphatic carbocycles. The molecule has 4 nitrogen and oxygen atoms in total. The monoisotopic (exact) mass is 253 g/mol. The highest BCUT2D eigenvalue weighted by Gasteiger charge is 2.27. The van der Waals surface area contributed by atoms with E-state index in [4.69, 9.17) is 0 Å². The highest BCUT2D eigenvalue weighted by Crippen LogP contribution is 2.29. The Morgan fingerprint density at radius 3 is 3.00 bits per heavy atom. The molecule has 17 heavy (non-hydrogen) atoms. The third-order valence-corrected chi connectivity index (χ3v) is 4.17. The van der Waals surface area contributed by atoms with E-state index in [9.17, 15) is 4.79 Å². The smallest absolute Gasteiger partial charge is 0.186 e. The van der Waals surface area contributed by atoms with Crippen LogP contribution in [-0.4, -0.2) is 48.9 Å². The first kappa shape index (κ1) is 12.5. The number of carbonyl (C=O) groups is 1. The summed E-state index contributed by atoms with van der Waals surface area (Å²) in [4.78, 5) is 21.0. The van der Waals surface area contributed by atoms with Crippen molar-refractivity contribution in [1.29, 1.82) is 0 Å². The average molecular weight is 253 g/mol. The van der Waals surface area contributed by atoms with Crippen LogP contribution in [0.25, 0.3) is 0 Å². The van der Waals surface area contributed by atoms with E-state index in [1.807, 2.05) is 0 Å². The second-order valence-corrected chi connectivity index (χ2v) is 5.82. The molecule has 1 atom stereocenters. The largest absolute Gasteiger partial charge is 0.344 e. The molecule has 1 fully saturated rings. The van der Waals surface area contributed by atoms with Gasteiger partial charge in [-0.05, 0) is 26.9 Å². The van der Waals surface area contributed by atoms with Gasteiger partial charge in [0.05, 0.1) is 11.1 Å². The molecule has 94 valence electrons. The molecule has 0 saturated carbocycles. The summed E-state index contributed by atoms with van der Waals surface area (Å²) < 4.78 is 0. The summed E-state index contributed by atoms with van der Waals surface area (Å²) in [6.45, 7) is 3.71. The fourth-order valence-electron chi connectivity index (χ4n) is 2.26. The number of anilines is 1. The number of thiazole rings is 1. The molecular formula is C12H19N3OS. The minimum Gasteiger partial charge on any atom is -0.344 e. The first-order valence-corrected chi connectivity index (χ1v) is 6.77. The predicted octanol–water partition coefficient (Wildman–Crippen LogP) is 1.88. The zero-order valence-electron chi connectivity index (χ0n) is 10.6. The van der Waals surface area contributed by atoms with Crippen molar-refractivity contribution in [2.75, 3.05) is 32.1 Å². The van der Waals surface area contributed by atoms with Crippen molar-refractivity contribution in [1.82, 2.24) is 9.88 Å². The molecule has 1 aliphatic heterocycles. The van der Waals surface area contributed by atoms with Crippen molar-refractivity contribution in [3.05, 3.63) is 11.1 Å². The van der Waals surface area contributed by atoms with Gasteiger partial charge in [-0.25, -0.2) is 4.98 Å². The van der Waals surface area contributed by atoms with Crippen LogP contribution in [0.5, 0.6) is 0 Å². The number of likely N-dealkylation sites (N-methyl/N-ethyl adjacent to an activating group) is 1. The Hall–Kier alpha value is -0.940. The van der Waals surface area contributed by atoms with Crippen LogP contribution in [0.2, 0.25) is 0 Å². The highest BCUT2D eigenvalue weighted by molar-refractivity contribution is 7.17. The van der Waals surface area contributed by atoms with Gasteiger partial charge in [-0.15, -0.1) is 0 Å². The molecule has 0 aromatic carbocycles. The number of carbonyl (C=O) groups excluding carboxylic acids is 1. The molecule has 0 bridgehead atoms. The second-order valence-electron chi connectivity index (χ2n) is 4.81. The maximum absolute atomic E-state index is 11.3. The topological polar surface area (TPSA) is 36.4 Å². The van der Waals surface area contributed by atoms with Crippen molar-refractivity contribution in [3.63, 3.8) is 0 Å². The third-order valence-electron chi connectivity index (χ3n) is 3.04. The zero-order chi connectivity index (χ0) is 12.4. The van der Waals surface area contributed by atoms with Crippen LogP contribution < -0.4 is 4.90 Å². The first-order chi connectivity index (χ1) is 8.08. The summed E-state index contributed by atoms with van der Waals surface area (Å²) in [7, 11) is 4.19. The molecule has 0 amide bonds. The molecule has 0 spiro atoms. The van der Waals surface area contributed by atoms with Crippen LogP contribution in [0.1, 0.15) is 29.4 Å². The quantitative estimate of drug-likeness (QED) is 0.768. The summed E-state index contributed by atoms with van der Waals surface area (Å²) in [6, 6.07) is 0.538. The summed E-state index contributed by atoms with van der Waals surface area (Å²) in [5, 5.41) is 1.000. The van der Waals surface area contributed by atoms with Crippen LogP contribution in [0, 0.1) is 0 Å². The number of rotatable bonds is 4. The summed E-state index contributed by atoms with van der Waals surface area (Å²) in [5.41, 5.74) is 0. The number of nitrogens with zero attached hydrogens (tertiary/aromatic N) is 3. The van der Waals surface area contributed by atoms with Gasteiger partial charge in [-0.2, -0.15) is 0 Å². The SMILES string of the molecule is CC(=O)c1cnc(N2CCCC2CN(C)C)s1. The molecule has 0 N–H and O–H groups in total. The average Bonchev–Trinajstić information content (AvgIpc) is 2.83. The summed E-state index contributed by atoms with van der Waals surface area (Å²) in [5.74, 6) is 0.108. The predicted molar refractivity (Wildman–Crippen MR) is 71.0 cm³/mol. The van der Waals surface area contributed by atoms with Crippen molar-refractivity contribution in [3.8, 4) is 0 Å². The molecular weight excluding hydrogens is 234 g/mol. The van der Waals surface area contributed by atoms with E-state index in [2.05, 4.69) is 28.9 Å². The Morgan fingerprint density at radius 1 is 1.65 bits per heavy atom. The van der Waals surface area contributed by atoms with Crippen molar-refractivity contribution >= 4 is 22.3 Å². The van der Waals surface area contributed by atoms with Gasteiger partial charge in [0.25, 0.3) is 0 Å². The lowest BCUT2D eigenvalue weighted by molar-refractivity contribution is 0.102. The summed E-state index contributed by atoms with van der Waals surface area (Å²) >= 11 is 1.52.